The topological polar surface area (TPSA) is 51.4 Å². The minimum Gasteiger partial charge on any atom is -0.376 e. The highest BCUT2D eigenvalue weighted by atomic mass is 79.9. The highest BCUT2D eigenvalue weighted by molar-refractivity contribution is 9.10. The van der Waals surface area contributed by atoms with Crippen molar-refractivity contribution in [1.29, 1.82) is 0 Å². The number of rotatable bonds is 2. The molecule has 2 aliphatic rings. The molecule has 1 aromatic heterocycles. The average molecular weight is 390 g/mol. The number of pyridine rings is 1. The van der Waals surface area contributed by atoms with Gasteiger partial charge in [0, 0.05) is 47.5 Å². The van der Waals surface area contributed by atoms with Crippen molar-refractivity contribution < 1.29 is 4.74 Å². The molecule has 0 unspecified atom stereocenters. The van der Waals surface area contributed by atoms with E-state index in [1.807, 2.05) is 12.3 Å². The van der Waals surface area contributed by atoms with Gasteiger partial charge in [-0.3, -0.25) is 4.98 Å². The predicted octanol–water partition coefficient (Wildman–Crippen LogP) is 3.64. The van der Waals surface area contributed by atoms with E-state index in [1.54, 1.807) is 0 Å². The predicted molar refractivity (Wildman–Crippen MR) is 101 cm³/mol. The van der Waals surface area contributed by atoms with E-state index in [0.717, 1.165) is 48.9 Å². The number of benzene rings is 1. The summed E-state index contributed by atoms with van der Waals surface area (Å²) in [6.45, 7) is 5.15. The van der Waals surface area contributed by atoms with E-state index in [4.69, 9.17) is 10.5 Å². The average Bonchev–Trinajstić information content (AvgIpc) is 3.01. The second kappa shape index (κ2) is 6.62. The van der Waals surface area contributed by atoms with Crippen LogP contribution in [-0.4, -0.2) is 36.8 Å². The maximum Gasteiger partial charge on any atom is 0.0756 e. The van der Waals surface area contributed by atoms with E-state index in [0.29, 0.717) is 5.92 Å². The van der Waals surface area contributed by atoms with Crippen LogP contribution in [0.3, 0.4) is 0 Å². The van der Waals surface area contributed by atoms with E-state index in [9.17, 15) is 0 Å². The molecule has 128 valence electrons. The minimum atomic E-state index is 0.227. The van der Waals surface area contributed by atoms with Crippen LogP contribution in [0.4, 0.5) is 5.69 Å². The molecule has 0 aliphatic carbocycles. The number of aryl methyl sites for hydroxylation is 1. The molecule has 2 saturated heterocycles. The van der Waals surface area contributed by atoms with Crippen LogP contribution in [0.25, 0.3) is 10.9 Å². The first kappa shape index (κ1) is 16.3. The Hall–Kier alpha value is -1.17. The van der Waals surface area contributed by atoms with Crippen molar-refractivity contribution in [2.45, 2.75) is 38.3 Å². The van der Waals surface area contributed by atoms with Crippen molar-refractivity contribution in [2.75, 3.05) is 24.6 Å². The molecule has 2 atom stereocenters. The van der Waals surface area contributed by atoms with Crippen molar-refractivity contribution in [1.82, 2.24) is 4.98 Å². The Morgan fingerprint density at radius 1 is 1.25 bits per heavy atom. The van der Waals surface area contributed by atoms with Gasteiger partial charge in [-0.2, -0.15) is 0 Å². The number of fused-ring (bicyclic) bond motifs is 1. The van der Waals surface area contributed by atoms with Crippen LogP contribution in [0.15, 0.2) is 28.9 Å². The Morgan fingerprint density at radius 2 is 2.04 bits per heavy atom. The minimum absolute atomic E-state index is 0.227. The van der Waals surface area contributed by atoms with Crippen LogP contribution in [-0.2, 0) is 4.74 Å². The zero-order chi connectivity index (χ0) is 16.7. The number of halogens is 1. The fraction of sp³-hybridized carbons (Fsp3) is 0.526. The summed E-state index contributed by atoms with van der Waals surface area (Å²) in [6, 6.07) is 6.69. The summed E-state index contributed by atoms with van der Waals surface area (Å²) in [5.41, 5.74) is 9.87. The number of anilines is 1. The zero-order valence-electron chi connectivity index (χ0n) is 14.0. The molecule has 0 radical (unpaired) electrons. The van der Waals surface area contributed by atoms with Gasteiger partial charge >= 0.3 is 0 Å². The van der Waals surface area contributed by atoms with Gasteiger partial charge in [0.25, 0.3) is 0 Å². The van der Waals surface area contributed by atoms with Gasteiger partial charge in [-0.1, -0.05) is 15.9 Å². The van der Waals surface area contributed by atoms with Crippen LogP contribution in [0.1, 0.15) is 24.8 Å². The Labute approximate surface area is 151 Å². The van der Waals surface area contributed by atoms with Gasteiger partial charge in [0.05, 0.1) is 11.6 Å². The van der Waals surface area contributed by atoms with Crippen LogP contribution in [0, 0.1) is 12.8 Å². The Morgan fingerprint density at radius 3 is 2.75 bits per heavy atom. The van der Waals surface area contributed by atoms with Crippen LogP contribution >= 0.6 is 15.9 Å². The van der Waals surface area contributed by atoms with Gasteiger partial charge < -0.3 is 15.4 Å². The molecule has 0 amide bonds. The third-order valence-electron chi connectivity index (χ3n) is 5.53. The lowest BCUT2D eigenvalue weighted by Gasteiger charge is -2.37. The summed E-state index contributed by atoms with van der Waals surface area (Å²) < 4.78 is 6.99. The van der Waals surface area contributed by atoms with Gasteiger partial charge in [0.2, 0.25) is 0 Å². The second-order valence-electron chi connectivity index (χ2n) is 7.06. The monoisotopic (exact) mass is 389 g/mol. The van der Waals surface area contributed by atoms with Crippen LogP contribution < -0.4 is 10.6 Å². The fourth-order valence-corrected chi connectivity index (χ4v) is 4.62. The maximum atomic E-state index is 6.20. The molecule has 3 heterocycles. The molecule has 5 heteroatoms. The van der Waals surface area contributed by atoms with Gasteiger partial charge in [-0.25, -0.2) is 0 Å². The summed E-state index contributed by atoms with van der Waals surface area (Å²) in [5.74, 6) is 0.604. The largest absolute Gasteiger partial charge is 0.376 e. The molecule has 2 aliphatic heterocycles. The van der Waals surface area contributed by atoms with Gasteiger partial charge in [-0.05, 0) is 55.9 Å². The maximum absolute atomic E-state index is 6.20. The normalized spacial score (nSPS) is 25.5. The smallest absolute Gasteiger partial charge is 0.0756 e. The molecule has 4 rings (SSSR count). The number of aromatic nitrogens is 1. The molecule has 0 saturated carbocycles. The number of nitrogens with two attached hydrogens (primary N) is 1. The Kier molecular flexibility index (Phi) is 4.50. The van der Waals surface area contributed by atoms with Gasteiger partial charge in [0.1, 0.15) is 0 Å². The van der Waals surface area contributed by atoms with Crippen molar-refractivity contribution in [3.63, 3.8) is 0 Å². The van der Waals surface area contributed by atoms with Gasteiger partial charge in [-0.15, -0.1) is 0 Å². The summed E-state index contributed by atoms with van der Waals surface area (Å²) in [7, 11) is 0. The number of hydrogen-bond acceptors (Lipinski definition) is 4. The lowest BCUT2D eigenvalue weighted by Crippen LogP contribution is -2.43. The quantitative estimate of drug-likeness (QED) is 0.851. The molecule has 24 heavy (non-hydrogen) atoms. The fourth-order valence-electron chi connectivity index (χ4n) is 4.18. The number of nitrogens with zero attached hydrogens (tertiary/aromatic N) is 2. The number of piperidine rings is 1. The lowest BCUT2D eigenvalue weighted by atomic mass is 9.87. The van der Waals surface area contributed by atoms with E-state index < -0.39 is 0 Å². The standard InChI is InChI=1S/C19H24BrN3O/c1-12-10-14-15(20)2-6-22-17(14)11-18(12)23-7-3-13(4-8-23)19-16(21)5-9-24-19/h2,6,10-11,13,16,19H,3-5,7-9,21H2,1H3/t16-,19+/m1/s1. The molecule has 0 spiro atoms. The Bertz CT molecular complexity index is 743. The summed E-state index contributed by atoms with van der Waals surface area (Å²) in [4.78, 5) is 7.03. The third kappa shape index (κ3) is 2.93. The van der Waals surface area contributed by atoms with E-state index in [-0.39, 0.29) is 12.1 Å². The third-order valence-corrected chi connectivity index (χ3v) is 6.23. The molecule has 1 aromatic carbocycles. The molecule has 2 N–H and O–H groups in total. The molecule has 0 bridgehead atoms. The van der Waals surface area contributed by atoms with Crippen LogP contribution in [0.2, 0.25) is 0 Å². The highest BCUT2D eigenvalue weighted by Gasteiger charge is 2.34. The summed E-state index contributed by atoms with van der Waals surface area (Å²) in [5, 5.41) is 1.18. The first-order valence-corrected chi connectivity index (χ1v) is 9.60. The highest BCUT2D eigenvalue weighted by Crippen LogP contribution is 2.34. The first-order valence-electron chi connectivity index (χ1n) is 8.80. The van der Waals surface area contributed by atoms with Crippen LogP contribution in [0.5, 0.6) is 0 Å². The second-order valence-corrected chi connectivity index (χ2v) is 7.92. The zero-order valence-corrected chi connectivity index (χ0v) is 15.6. The number of hydrogen-bond donors (Lipinski definition) is 1. The SMILES string of the molecule is Cc1cc2c(Br)ccnc2cc1N1CCC([C@@H]2OCC[C@H]2N)CC1. The summed E-state index contributed by atoms with van der Waals surface area (Å²) >= 11 is 3.62. The molecular formula is C19H24BrN3O. The number of ether oxygens (including phenoxy) is 1. The molecule has 2 fully saturated rings. The van der Waals surface area contributed by atoms with Crippen molar-refractivity contribution >= 4 is 32.5 Å². The van der Waals surface area contributed by atoms with E-state index >= 15 is 0 Å². The lowest BCUT2D eigenvalue weighted by molar-refractivity contribution is 0.0462. The van der Waals surface area contributed by atoms with Gasteiger partial charge in [0.15, 0.2) is 0 Å². The Balaban J connectivity index is 1.53. The van der Waals surface area contributed by atoms with Crippen molar-refractivity contribution in [3.05, 3.63) is 34.4 Å². The molecular weight excluding hydrogens is 366 g/mol. The summed E-state index contributed by atoms with van der Waals surface area (Å²) in [6.07, 6.45) is 5.44. The molecule has 2 aromatic rings. The van der Waals surface area contributed by atoms with E-state index in [2.05, 4.69) is 44.9 Å². The van der Waals surface area contributed by atoms with Crippen molar-refractivity contribution in [2.24, 2.45) is 11.7 Å². The van der Waals surface area contributed by atoms with Crippen molar-refractivity contribution in [3.8, 4) is 0 Å². The van der Waals surface area contributed by atoms with E-state index in [1.165, 1.54) is 16.6 Å². The first-order chi connectivity index (χ1) is 11.6. The molecule has 4 nitrogen and oxygen atoms in total.